The molecule has 0 aliphatic carbocycles. The lowest BCUT2D eigenvalue weighted by molar-refractivity contribution is -0.141. The fraction of sp³-hybridized carbons (Fsp3) is 0.733. The normalized spacial score (nSPS) is 17.0. The van der Waals surface area contributed by atoms with Crippen LogP contribution in [-0.2, 0) is 16.2 Å². The van der Waals surface area contributed by atoms with Gasteiger partial charge in [0.2, 0.25) is 16.0 Å². The SMILES string of the molecule is CCS(=O)(=O)N(C)C1CCN(c2nc(N(C)C)cc(C(F)(F)F)n2)CC1. The van der Waals surface area contributed by atoms with E-state index >= 15 is 0 Å². The topological polar surface area (TPSA) is 69.6 Å². The number of hydrogen-bond donors (Lipinski definition) is 0. The van der Waals surface area contributed by atoms with E-state index in [0.29, 0.717) is 25.9 Å². The molecule has 26 heavy (non-hydrogen) atoms. The Morgan fingerprint density at radius 3 is 2.23 bits per heavy atom. The molecule has 2 heterocycles. The van der Waals surface area contributed by atoms with Crippen molar-refractivity contribution in [3.63, 3.8) is 0 Å². The van der Waals surface area contributed by atoms with E-state index in [1.54, 1.807) is 33.0 Å². The zero-order chi connectivity index (χ0) is 19.7. The maximum Gasteiger partial charge on any atom is 0.433 e. The molecule has 1 aromatic rings. The van der Waals surface area contributed by atoms with Crippen LogP contribution in [0.2, 0.25) is 0 Å². The summed E-state index contributed by atoms with van der Waals surface area (Å²) in [7, 11) is 1.48. The summed E-state index contributed by atoms with van der Waals surface area (Å²) in [4.78, 5) is 11.1. The lowest BCUT2D eigenvalue weighted by atomic mass is 10.1. The number of nitrogens with zero attached hydrogens (tertiary/aromatic N) is 5. The van der Waals surface area contributed by atoms with Gasteiger partial charge in [-0.1, -0.05) is 0 Å². The molecular formula is C15H24F3N5O2S. The first-order chi connectivity index (χ1) is 12.0. The van der Waals surface area contributed by atoms with Crippen molar-refractivity contribution in [3.05, 3.63) is 11.8 Å². The zero-order valence-corrected chi connectivity index (χ0v) is 16.1. The summed E-state index contributed by atoms with van der Waals surface area (Å²) in [5.74, 6) is 0.213. The average molecular weight is 395 g/mol. The van der Waals surface area contributed by atoms with Gasteiger partial charge in [-0.05, 0) is 19.8 Å². The van der Waals surface area contributed by atoms with Crippen LogP contribution in [0.5, 0.6) is 0 Å². The Morgan fingerprint density at radius 2 is 1.77 bits per heavy atom. The fourth-order valence-electron chi connectivity index (χ4n) is 2.80. The molecule has 1 saturated heterocycles. The van der Waals surface area contributed by atoms with Gasteiger partial charge in [0.25, 0.3) is 0 Å². The average Bonchev–Trinajstić information content (AvgIpc) is 2.60. The minimum atomic E-state index is -4.56. The predicted octanol–water partition coefficient (Wildman–Crippen LogP) is 1.81. The number of hydrogen-bond acceptors (Lipinski definition) is 6. The van der Waals surface area contributed by atoms with E-state index in [-0.39, 0.29) is 23.6 Å². The molecule has 0 spiro atoms. The molecular weight excluding hydrogens is 371 g/mol. The highest BCUT2D eigenvalue weighted by molar-refractivity contribution is 7.89. The van der Waals surface area contributed by atoms with Crippen molar-refractivity contribution in [2.24, 2.45) is 0 Å². The summed E-state index contributed by atoms with van der Waals surface area (Å²) < 4.78 is 64.7. The van der Waals surface area contributed by atoms with Gasteiger partial charge in [-0.25, -0.2) is 17.7 Å². The summed E-state index contributed by atoms with van der Waals surface area (Å²) in [5, 5.41) is 0. The molecule has 0 aromatic carbocycles. The van der Waals surface area contributed by atoms with Gasteiger partial charge in [0.15, 0.2) is 5.69 Å². The third-order valence-corrected chi connectivity index (χ3v) is 6.42. The van der Waals surface area contributed by atoms with Gasteiger partial charge < -0.3 is 9.80 Å². The highest BCUT2D eigenvalue weighted by Gasteiger charge is 2.35. The van der Waals surface area contributed by atoms with E-state index < -0.39 is 21.9 Å². The number of halogens is 3. The van der Waals surface area contributed by atoms with Gasteiger partial charge in [0.1, 0.15) is 5.82 Å². The van der Waals surface area contributed by atoms with E-state index in [0.717, 1.165) is 6.07 Å². The van der Waals surface area contributed by atoms with Crippen LogP contribution in [0.4, 0.5) is 24.9 Å². The molecule has 0 atom stereocenters. The number of anilines is 2. The fourth-order valence-corrected chi connectivity index (χ4v) is 3.87. The van der Waals surface area contributed by atoms with Gasteiger partial charge in [0.05, 0.1) is 5.75 Å². The molecule has 0 N–H and O–H groups in total. The Labute approximate surface area is 151 Å². The van der Waals surface area contributed by atoms with Crippen molar-refractivity contribution < 1.29 is 21.6 Å². The van der Waals surface area contributed by atoms with Gasteiger partial charge in [-0.15, -0.1) is 0 Å². The second kappa shape index (κ2) is 7.55. The van der Waals surface area contributed by atoms with Gasteiger partial charge in [-0.3, -0.25) is 0 Å². The van der Waals surface area contributed by atoms with E-state index in [1.807, 2.05) is 0 Å². The Kier molecular flexibility index (Phi) is 6.01. The molecule has 0 bridgehead atoms. The highest BCUT2D eigenvalue weighted by atomic mass is 32.2. The lowest BCUT2D eigenvalue weighted by Gasteiger charge is -2.36. The van der Waals surface area contributed by atoms with Crippen LogP contribution in [0.3, 0.4) is 0 Å². The number of alkyl halides is 3. The van der Waals surface area contributed by atoms with Crippen LogP contribution in [-0.4, -0.2) is 68.7 Å². The molecule has 11 heteroatoms. The molecule has 0 radical (unpaired) electrons. The number of aromatic nitrogens is 2. The van der Waals surface area contributed by atoms with Crippen LogP contribution < -0.4 is 9.80 Å². The molecule has 1 aliphatic heterocycles. The van der Waals surface area contributed by atoms with Crippen LogP contribution in [0.25, 0.3) is 0 Å². The smallest absolute Gasteiger partial charge is 0.363 e. The van der Waals surface area contributed by atoms with E-state index in [2.05, 4.69) is 9.97 Å². The molecule has 0 amide bonds. The summed E-state index contributed by atoms with van der Waals surface area (Å²) >= 11 is 0. The molecule has 1 aromatic heterocycles. The first-order valence-electron chi connectivity index (χ1n) is 8.30. The van der Waals surface area contributed by atoms with Gasteiger partial charge in [0, 0.05) is 46.3 Å². The second-order valence-electron chi connectivity index (χ2n) is 6.44. The zero-order valence-electron chi connectivity index (χ0n) is 15.3. The Morgan fingerprint density at radius 1 is 1.19 bits per heavy atom. The summed E-state index contributed by atoms with van der Waals surface area (Å²) in [5.41, 5.74) is -0.987. The van der Waals surface area contributed by atoms with Crippen LogP contribution in [0, 0.1) is 0 Å². The largest absolute Gasteiger partial charge is 0.433 e. The molecule has 1 aliphatic rings. The van der Waals surface area contributed by atoms with Crippen LogP contribution in [0.1, 0.15) is 25.5 Å². The van der Waals surface area contributed by atoms with E-state index in [4.69, 9.17) is 0 Å². The van der Waals surface area contributed by atoms with E-state index in [9.17, 15) is 21.6 Å². The summed E-state index contributed by atoms with van der Waals surface area (Å²) in [6.07, 6.45) is -3.55. The summed E-state index contributed by atoms with van der Waals surface area (Å²) in [6.45, 7) is 2.37. The predicted molar refractivity (Wildman–Crippen MR) is 93.8 cm³/mol. The molecule has 1 fully saturated rings. The monoisotopic (exact) mass is 395 g/mol. The van der Waals surface area contributed by atoms with Crippen molar-refractivity contribution in [3.8, 4) is 0 Å². The Bertz CT molecular complexity index is 731. The maximum atomic E-state index is 13.1. The minimum absolute atomic E-state index is 0.0166. The van der Waals surface area contributed by atoms with E-state index in [1.165, 1.54) is 9.21 Å². The first-order valence-corrected chi connectivity index (χ1v) is 9.91. The van der Waals surface area contributed by atoms with Crippen LogP contribution >= 0.6 is 0 Å². The standard InChI is InChI=1S/C15H24F3N5O2S/c1-5-26(24,25)22(4)11-6-8-23(9-7-11)14-19-12(15(16,17)18)10-13(20-14)21(2)3/h10-11H,5-9H2,1-4H3. The molecule has 148 valence electrons. The third kappa shape index (κ3) is 4.56. The maximum absolute atomic E-state index is 13.1. The lowest BCUT2D eigenvalue weighted by Crippen LogP contribution is -2.46. The quantitative estimate of drug-likeness (QED) is 0.758. The van der Waals surface area contributed by atoms with Crippen molar-refractivity contribution in [1.82, 2.24) is 14.3 Å². The minimum Gasteiger partial charge on any atom is -0.363 e. The summed E-state index contributed by atoms with van der Waals surface area (Å²) in [6, 6.07) is 0.744. The Balaban J connectivity index is 2.20. The molecule has 2 rings (SSSR count). The third-order valence-electron chi connectivity index (χ3n) is 4.51. The Hall–Kier alpha value is -1.62. The number of piperidine rings is 1. The van der Waals surface area contributed by atoms with Crippen molar-refractivity contribution in [2.45, 2.75) is 32.0 Å². The van der Waals surface area contributed by atoms with Gasteiger partial charge >= 0.3 is 6.18 Å². The van der Waals surface area contributed by atoms with Crippen molar-refractivity contribution >= 4 is 21.8 Å². The number of rotatable bonds is 5. The molecule has 0 unspecified atom stereocenters. The molecule has 0 saturated carbocycles. The second-order valence-corrected chi connectivity index (χ2v) is 8.76. The van der Waals surface area contributed by atoms with Crippen molar-refractivity contribution in [2.75, 3.05) is 49.8 Å². The first kappa shape index (κ1) is 20.7. The number of sulfonamides is 1. The van der Waals surface area contributed by atoms with Gasteiger partial charge in [-0.2, -0.15) is 18.2 Å². The van der Waals surface area contributed by atoms with Crippen molar-refractivity contribution in [1.29, 1.82) is 0 Å². The molecule has 7 nitrogen and oxygen atoms in total. The van der Waals surface area contributed by atoms with Crippen LogP contribution in [0.15, 0.2) is 6.07 Å². The highest BCUT2D eigenvalue weighted by Crippen LogP contribution is 2.31.